The van der Waals surface area contributed by atoms with Gasteiger partial charge in [-0.2, -0.15) is 5.10 Å². The molecule has 3 rings (SSSR count). The molecule has 2 aromatic heterocycles. The first kappa shape index (κ1) is 8.55. The van der Waals surface area contributed by atoms with Crippen molar-refractivity contribution in [2.45, 2.75) is 18.8 Å². The van der Waals surface area contributed by atoms with Gasteiger partial charge in [0.1, 0.15) is 0 Å². The number of rotatable bonds is 2. The number of hydrogen-bond donors (Lipinski definition) is 0. The van der Waals surface area contributed by atoms with E-state index in [0.717, 1.165) is 15.0 Å². The lowest BCUT2D eigenvalue weighted by molar-refractivity contribution is 0.844. The molecule has 2 aromatic rings. The summed E-state index contributed by atoms with van der Waals surface area (Å²) >= 11 is 4.76. The van der Waals surface area contributed by atoms with Crippen molar-refractivity contribution >= 4 is 27.3 Å². The Morgan fingerprint density at radius 2 is 2.29 bits per heavy atom. The Bertz CT molecular complexity index is 459. The molecule has 6 heteroatoms. The zero-order valence-corrected chi connectivity index (χ0v) is 9.62. The van der Waals surface area contributed by atoms with Gasteiger partial charge in [-0.15, -0.1) is 10.2 Å². The van der Waals surface area contributed by atoms with Crippen LogP contribution in [0, 0.1) is 0 Å². The van der Waals surface area contributed by atoms with Crippen LogP contribution in [-0.2, 0) is 0 Å². The van der Waals surface area contributed by atoms with Gasteiger partial charge in [-0.25, -0.2) is 4.68 Å². The van der Waals surface area contributed by atoms with Crippen molar-refractivity contribution in [1.82, 2.24) is 20.0 Å². The topological polar surface area (TPSA) is 43.6 Å². The quantitative estimate of drug-likeness (QED) is 0.842. The van der Waals surface area contributed by atoms with E-state index in [1.807, 2.05) is 12.4 Å². The van der Waals surface area contributed by atoms with Crippen molar-refractivity contribution < 1.29 is 0 Å². The lowest BCUT2D eigenvalue weighted by Gasteiger charge is -1.90. The van der Waals surface area contributed by atoms with Gasteiger partial charge in [-0.3, -0.25) is 0 Å². The molecule has 0 aromatic carbocycles. The second-order valence-corrected chi connectivity index (χ2v) is 5.56. The highest BCUT2D eigenvalue weighted by Crippen LogP contribution is 2.39. The molecule has 0 bridgehead atoms. The van der Waals surface area contributed by atoms with E-state index in [1.54, 1.807) is 4.68 Å². The van der Waals surface area contributed by atoms with Gasteiger partial charge < -0.3 is 0 Å². The fraction of sp³-hybridized carbons (Fsp3) is 0.375. The van der Waals surface area contributed by atoms with Gasteiger partial charge in [0.15, 0.2) is 3.92 Å². The molecule has 72 valence electrons. The second kappa shape index (κ2) is 3.13. The molecule has 4 nitrogen and oxygen atoms in total. The Hall–Kier alpha value is -0.750. The lowest BCUT2D eigenvalue weighted by atomic mass is 10.2. The van der Waals surface area contributed by atoms with Gasteiger partial charge in [0.25, 0.3) is 0 Å². The van der Waals surface area contributed by atoms with Crippen LogP contribution in [0.1, 0.15) is 24.3 Å². The first-order valence-corrected chi connectivity index (χ1v) is 5.98. The van der Waals surface area contributed by atoms with E-state index in [4.69, 9.17) is 0 Å². The van der Waals surface area contributed by atoms with E-state index < -0.39 is 0 Å². The van der Waals surface area contributed by atoms with E-state index in [1.165, 1.54) is 29.7 Å². The van der Waals surface area contributed by atoms with Gasteiger partial charge in [0.05, 0.1) is 6.20 Å². The van der Waals surface area contributed by atoms with Gasteiger partial charge in [-0.05, 0) is 40.3 Å². The fourth-order valence-corrected chi connectivity index (χ4v) is 2.38. The zero-order valence-electron chi connectivity index (χ0n) is 7.22. The minimum Gasteiger partial charge on any atom is -0.212 e. The van der Waals surface area contributed by atoms with Crippen molar-refractivity contribution in [3.05, 3.63) is 21.9 Å². The predicted molar refractivity (Wildman–Crippen MR) is 56.7 cm³/mol. The summed E-state index contributed by atoms with van der Waals surface area (Å²) in [6.07, 6.45) is 6.56. The maximum atomic E-state index is 4.26. The molecule has 1 aliphatic carbocycles. The van der Waals surface area contributed by atoms with E-state index in [0.29, 0.717) is 0 Å². The van der Waals surface area contributed by atoms with Crippen molar-refractivity contribution in [2.24, 2.45) is 0 Å². The summed E-state index contributed by atoms with van der Waals surface area (Å²) in [5.74, 6) is 0.736. The standard InChI is InChI=1S/C8H7BrN4S/c9-7-11-12-8(14-7)13-4-6(3-10-13)5-1-2-5/h3-5H,1-2H2. The van der Waals surface area contributed by atoms with Crippen molar-refractivity contribution in [3.8, 4) is 5.13 Å². The zero-order chi connectivity index (χ0) is 9.54. The molecule has 0 spiro atoms. The minimum atomic E-state index is 0.736. The normalized spacial score (nSPS) is 16.1. The van der Waals surface area contributed by atoms with E-state index in [9.17, 15) is 0 Å². The van der Waals surface area contributed by atoms with E-state index in [-0.39, 0.29) is 0 Å². The highest BCUT2D eigenvalue weighted by atomic mass is 79.9. The third-order valence-corrected chi connectivity index (χ3v) is 3.58. The van der Waals surface area contributed by atoms with Crippen molar-refractivity contribution in [1.29, 1.82) is 0 Å². The Balaban J connectivity index is 1.95. The molecule has 0 radical (unpaired) electrons. The van der Waals surface area contributed by atoms with Crippen molar-refractivity contribution in [2.75, 3.05) is 0 Å². The molecule has 1 saturated carbocycles. The molecule has 14 heavy (non-hydrogen) atoms. The highest BCUT2D eigenvalue weighted by molar-refractivity contribution is 9.11. The molecule has 1 fully saturated rings. The number of aromatic nitrogens is 4. The third-order valence-electron chi connectivity index (χ3n) is 2.24. The van der Waals surface area contributed by atoms with E-state index >= 15 is 0 Å². The van der Waals surface area contributed by atoms with Crippen LogP contribution in [0.5, 0.6) is 0 Å². The summed E-state index contributed by atoms with van der Waals surface area (Å²) in [7, 11) is 0. The second-order valence-electron chi connectivity index (χ2n) is 3.33. The maximum Gasteiger partial charge on any atom is 0.233 e. The molecular formula is C8H7BrN4S. The molecule has 0 atom stereocenters. The van der Waals surface area contributed by atoms with E-state index in [2.05, 4.69) is 31.2 Å². The monoisotopic (exact) mass is 270 g/mol. The van der Waals surface area contributed by atoms with Crippen LogP contribution in [0.25, 0.3) is 5.13 Å². The summed E-state index contributed by atoms with van der Waals surface area (Å²) in [6.45, 7) is 0. The fourth-order valence-electron chi connectivity index (χ4n) is 1.36. The number of hydrogen-bond acceptors (Lipinski definition) is 4. The number of nitrogens with zero attached hydrogens (tertiary/aromatic N) is 4. The summed E-state index contributed by atoms with van der Waals surface area (Å²) in [5.41, 5.74) is 1.32. The van der Waals surface area contributed by atoms with Crippen LogP contribution in [0.15, 0.2) is 16.3 Å². The first-order chi connectivity index (χ1) is 6.83. The minimum absolute atomic E-state index is 0.736. The summed E-state index contributed by atoms with van der Waals surface area (Å²) in [5, 5.41) is 13.0. The predicted octanol–water partition coefficient (Wildman–Crippen LogP) is 2.36. The molecule has 2 heterocycles. The van der Waals surface area contributed by atoms with Crippen LogP contribution < -0.4 is 0 Å². The van der Waals surface area contributed by atoms with Crippen LogP contribution in [-0.4, -0.2) is 20.0 Å². The van der Waals surface area contributed by atoms with Crippen LogP contribution in [0.3, 0.4) is 0 Å². The third kappa shape index (κ3) is 1.48. The average Bonchev–Trinajstić information content (AvgIpc) is 2.76. The van der Waals surface area contributed by atoms with Crippen LogP contribution >= 0.6 is 27.3 Å². The molecule has 1 aliphatic rings. The van der Waals surface area contributed by atoms with Crippen LogP contribution in [0.2, 0.25) is 0 Å². The average molecular weight is 271 g/mol. The number of halogens is 1. The molecule has 0 aliphatic heterocycles. The maximum absolute atomic E-state index is 4.26. The Labute approximate surface area is 93.1 Å². The van der Waals surface area contributed by atoms with Gasteiger partial charge in [0.2, 0.25) is 5.13 Å². The van der Waals surface area contributed by atoms with Gasteiger partial charge in [0, 0.05) is 6.20 Å². The largest absolute Gasteiger partial charge is 0.233 e. The Morgan fingerprint density at radius 3 is 2.93 bits per heavy atom. The molecular weight excluding hydrogens is 264 g/mol. The highest BCUT2D eigenvalue weighted by Gasteiger charge is 2.25. The smallest absolute Gasteiger partial charge is 0.212 e. The molecule has 0 amide bonds. The van der Waals surface area contributed by atoms with Gasteiger partial charge >= 0.3 is 0 Å². The lowest BCUT2D eigenvalue weighted by Crippen LogP contribution is -1.92. The molecule has 0 unspecified atom stereocenters. The molecule has 0 saturated heterocycles. The first-order valence-electron chi connectivity index (χ1n) is 4.37. The molecule has 0 N–H and O–H groups in total. The Morgan fingerprint density at radius 1 is 1.43 bits per heavy atom. The van der Waals surface area contributed by atoms with Crippen molar-refractivity contribution in [3.63, 3.8) is 0 Å². The SMILES string of the molecule is Brc1nnc(-n2cc(C3CC3)cn2)s1. The summed E-state index contributed by atoms with van der Waals surface area (Å²) in [6, 6.07) is 0. The summed E-state index contributed by atoms with van der Waals surface area (Å²) < 4.78 is 2.58. The van der Waals surface area contributed by atoms with Crippen LogP contribution in [0.4, 0.5) is 0 Å². The Kier molecular flexibility index (Phi) is 1.91. The van der Waals surface area contributed by atoms with Gasteiger partial charge in [-0.1, -0.05) is 11.3 Å². The summed E-state index contributed by atoms with van der Waals surface area (Å²) in [4.78, 5) is 0.